The number of esters is 1. The third-order valence-electron chi connectivity index (χ3n) is 5.54. The molecule has 0 bridgehead atoms. The van der Waals surface area contributed by atoms with Gasteiger partial charge in [-0.2, -0.15) is 0 Å². The van der Waals surface area contributed by atoms with Crippen LogP contribution in [0.15, 0.2) is 24.3 Å². The molecule has 3 aliphatic heterocycles. The lowest BCUT2D eigenvalue weighted by atomic mass is 9.66. The number of hydrogen-bond acceptors (Lipinski definition) is 6. The Kier molecular flexibility index (Phi) is 2.96. The van der Waals surface area contributed by atoms with Crippen molar-refractivity contribution in [2.45, 2.75) is 43.6 Å². The van der Waals surface area contributed by atoms with E-state index in [-0.39, 0.29) is 36.4 Å². The van der Waals surface area contributed by atoms with Crippen molar-refractivity contribution in [3.63, 3.8) is 0 Å². The van der Waals surface area contributed by atoms with Crippen molar-refractivity contribution in [2.75, 3.05) is 13.3 Å². The minimum Gasteiger partial charge on any atom is -0.458 e. The highest BCUT2D eigenvalue weighted by molar-refractivity contribution is 5.66. The van der Waals surface area contributed by atoms with Crippen molar-refractivity contribution in [1.29, 1.82) is 0 Å². The molecule has 0 amide bonds. The Balaban J connectivity index is 1.61. The van der Waals surface area contributed by atoms with Gasteiger partial charge in [-0.25, -0.2) is 0 Å². The van der Waals surface area contributed by atoms with Gasteiger partial charge in [-0.15, -0.1) is 0 Å². The Morgan fingerprint density at radius 1 is 1.33 bits per heavy atom. The normalized spacial score (nSPS) is 35.1. The summed E-state index contributed by atoms with van der Waals surface area (Å²) in [6, 6.07) is 4.30. The van der Waals surface area contributed by atoms with Gasteiger partial charge < -0.3 is 24.3 Å². The first-order valence-corrected chi connectivity index (χ1v) is 8.31. The van der Waals surface area contributed by atoms with E-state index < -0.39 is 0 Å². The van der Waals surface area contributed by atoms with Gasteiger partial charge in [0.1, 0.15) is 6.10 Å². The molecule has 5 rings (SSSR count). The van der Waals surface area contributed by atoms with Gasteiger partial charge >= 0.3 is 5.97 Å². The summed E-state index contributed by atoms with van der Waals surface area (Å²) in [6.07, 6.45) is 4.79. The Hall–Kier alpha value is -2.05. The Bertz CT molecular complexity index is 745. The molecule has 24 heavy (non-hydrogen) atoms. The van der Waals surface area contributed by atoms with Gasteiger partial charge in [-0.1, -0.05) is 6.08 Å². The van der Waals surface area contributed by atoms with E-state index in [1.165, 1.54) is 12.5 Å². The molecule has 0 aromatic heterocycles. The average Bonchev–Trinajstić information content (AvgIpc) is 3.16. The monoisotopic (exact) mass is 329 g/mol. The number of nitrogens with one attached hydrogen (secondary N) is 1. The molecule has 126 valence electrons. The van der Waals surface area contributed by atoms with Crippen LogP contribution in [-0.4, -0.2) is 37.6 Å². The molecule has 1 aliphatic carbocycles. The fraction of sp³-hybridized carbons (Fsp3) is 0.500. The predicted molar refractivity (Wildman–Crippen MR) is 83.9 cm³/mol. The van der Waals surface area contributed by atoms with Gasteiger partial charge in [0.05, 0.1) is 18.1 Å². The van der Waals surface area contributed by atoms with Crippen LogP contribution in [0.4, 0.5) is 0 Å². The fourth-order valence-corrected chi connectivity index (χ4v) is 4.54. The number of benzene rings is 1. The van der Waals surface area contributed by atoms with Crippen molar-refractivity contribution in [3.05, 3.63) is 35.4 Å². The van der Waals surface area contributed by atoms with Gasteiger partial charge in [0.15, 0.2) is 11.5 Å². The number of ether oxygens (including phenoxy) is 4. The first-order valence-electron chi connectivity index (χ1n) is 8.31. The standard InChI is InChI=1S/C18H19NO5/c1-10(20)24-12-2-3-18-13-6-15-14(22-9-23-15)4-11(13)8-21-17(18)7-19-16(18)5-12/h2-4,6,12,16-17,19H,5,7-9H2,1H3. The third-order valence-corrected chi connectivity index (χ3v) is 5.54. The largest absolute Gasteiger partial charge is 0.458 e. The molecule has 6 nitrogen and oxygen atoms in total. The second-order valence-electron chi connectivity index (χ2n) is 6.80. The van der Waals surface area contributed by atoms with E-state index in [0.29, 0.717) is 6.61 Å². The molecule has 0 radical (unpaired) electrons. The first kappa shape index (κ1) is 14.3. The summed E-state index contributed by atoms with van der Waals surface area (Å²) in [5.41, 5.74) is 2.13. The number of fused-ring (bicyclic) bond motifs is 2. The smallest absolute Gasteiger partial charge is 0.303 e. The maximum atomic E-state index is 11.3. The molecule has 1 spiro atoms. The van der Waals surface area contributed by atoms with E-state index in [1.54, 1.807) is 0 Å². The number of hydrogen-bond donors (Lipinski definition) is 1. The molecular weight excluding hydrogens is 310 g/mol. The van der Waals surface area contributed by atoms with E-state index in [9.17, 15) is 4.79 Å². The lowest BCUT2D eigenvalue weighted by Gasteiger charge is -2.44. The molecule has 3 heterocycles. The summed E-state index contributed by atoms with van der Waals surface area (Å²) in [4.78, 5) is 11.3. The molecule has 1 aromatic carbocycles. The first-order chi connectivity index (χ1) is 11.7. The maximum Gasteiger partial charge on any atom is 0.303 e. The molecule has 0 saturated carbocycles. The van der Waals surface area contributed by atoms with Gasteiger partial charge in [0.2, 0.25) is 6.79 Å². The summed E-state index contributed by atoms with van der Waals surface area (Å²) in [5, 5.41) is 3.56. The predicted octanol–water partition coefficient (Wildman–Crippen LogP) is 1.42. The van der Waals surface area contributed by atoms with Crippen molar-refractivity contribution < 1.29 is 23.7 Å². The SMILES string of the molecule is CC(=O)OC1C=CC23c4cc5c(cc4COC2CNC3C1)OCO5. The van der Waals surface area contributed by atoms with Gasteiger partial charge in [0, 0.05) is 25.9 Å². The zero-order valence-corrected chi connectivity index (χ0v) is 13.4. The Morgan fingerprint density at radius 2 is 2.17 bits per heavy atom. The van der Waals surface area contributed by atoms with Gasteiger partial charge in [0.25, 0.3) is 0 Å². The van der Waals surface area contributed by atoms with E-state index in [2.05, 4.69) is 17.5 Å². The molecule has 1 N–H and O–H groups in total. The minimum atomic E-state index is -0.251. The minimum absolute atomic E-state index is 0.0740. The van der Waals surface area contributed by atoms with E-state index in [1.807, 2.05) is 12.1 Å². The molecule has 1 fully saturated rings. The van der Waals surface area contributed by atoms with Crippen molar-refractivity contribution in [1.82, 2.24) is 5.32 Å². The summed E-state index contributed by atoms with van der Waals surface area (Å²) in [6.45, 7) is 3.08. The van der Waals surface area contributed by atoms with Gasteiger partial charge in [-0.3, -0.25) is 4.79 Å². The summed E-state index contributed by atoms with van der Waals surface area (Å²) >= 11 is 0. The van der Waals surface area contributed by atoms with Crippen LogP contribution in [0.2, 0.25) is 0 Å². The van der Waals surface area contributed by atoms with E-state index in [0.717, 1.165) is 30.0 Å². The van der Waals surface area contributed by atoms with Crippen LogP contribution >= 0.6 is 0 Å². The summed E-state index contributed by atoms with van der Waals surface area (Å²) in [7, 11) is 0. The van der Waals surface area contributed by atoms with Crippen LogP contribution in [0.5, 0.6) is 11.5 Å². The second kappa shape index (κ2) is 4.97. The fourth-order valence-electron chi connectivity index (χ4n) is 4.54. The molecular formula is C18H19NO5. The zero-order valence-electron chi connectivity index (χ0n) is 13.4. The molecule has 1 saturated heterocycles. The third kappa shape index (κ3) is 1.87. The summed E-state index contributed by atoms with van der Waals surface area (Å²) < 4.78 is 22.6. The van der Waals surface area contributed by atoms with Crippen molar-refractivity contribution in [3.8, 4) is 11.5 Å². The molecule has 6 heteroatoms. The van der Waals surface area contributed by atoms with Crippen molar-refractivity contribution >= 4 is 5.97 Å². The quantitative estimate of drug-likeness (QED) is 0.621. The van der Waals surface area contributed by atoms with Crippen LogP contribution in [0, 0.1) is 0 Å². The molecule has 4 atom stereocenters. The molecule has 4 aliphatic rings. The van der Waals surface area contributed by atoms with Gasteiger partial charge in [-0.05, 0) is 29.3 Å². The van der Waals surface area contributed by atoms with E-state index in [4.69, 9.17) is 18.9 Å². The Morgan fingerprint density at radius 3 is 3.00 bits per heavy atom. The lowest BCUT2D eigenvalue weighted by molar-refractivity contribution is -0.145. The highest BCUT2D eigenvalue weighted by Gasteiger charge is 2.55. The number of carbonyl (C=O) groups excluding carboxylic acids is 1. The molecule has 1 aromatic rings. The lowest BCUT2D eigenvalue weighted by Crippen LogP contribution is -2.51. The van der Waals surface area contributed by atoms with Crippen LogP contribution in [-0.2, 0) is 26.3 Å². The Labute approximate surface area is 139 Å². The second-order valence-corrected chi connectivity index (χ2v) is 6.80. The highest BCUT2D eigenvalue weighted by atomic mass is 16.7. The van der Waals surface area contributed by atoms with Crippen LogP contribution < -0.4 is 14.8 Å². The maximum absolute atomic E-state index is 11.3. The van der Waals surface area contributed by atoms with E-state index >= 15 is 0 Å². The van der Waals surface area contributed by atoms with Crippen LogP contribution in [0.25, 0.3) is 0 Å². The van der Waals surface area contributed by atoms with Crippen LogP contribution in [0.3, 0.4) is 0 Å². The van der Waals surface area contributed by atoms with Crippen molar-refractivity contribution in [2.24, 2.45) is 0 Å². The average molecular weight is 329 g/mol. The zero-order chi connectivity index (χ0) is 16.3. The highest BCUT2D eigenvalue weighted by Crippen LogP contribution is 2.50. The number of rotatable bonds is 1. The topological polar surface area (TPSA) is 66.0 Å². The number of carbonyl (C=O) groups is 1. The molecule has 4 unspecified atom stereocenters. The van der Waals surface area contributed by atoms with Crippen LogP contribution in [0.1, 0.15) is 24.5 Å². The summed E-state index contributed by atoms with van der Waals surface area (Å²) in [5.74, 6) is 1.33.